The van der Waals surface area contributed by atoms with Crippen LogP contribution in [0.3, 0.4) is 0 Å². The summed E-state index contributed by atoms with van der Waals surface area (Å²) in [5.41, 5.74) is 1.18. The first kappa shape index (κ1) is 22.0. The summed E-state index contributed by atoms with van der Waals surface area (Å²) in [6, 6.07) is 7.25. The van der Waals surface area contributed by atoms with Gasteiger partial charge in [-0.1, -0.05) is 12.1 Å². The molecule has 0 N–H and O–H groups in total. The summed E-state index contributed by atoms with van der Waals surface area (Å²) in [6.07, 6.45) is 2.39. The summed E-state index contributed by atoms with van der Waals surface area (Å²) in [4.78, 5) is 38.0. The Labute approximate surface area is 187 Å². The molecule has 4 rings (SSSR count). The molecule has 2 aliphatic rings. The molecule has 1 atom stereocenters. The number of methoxy groups -OCH3 is 1. The number of aryl methyl sites for hydroxylation is 1. The first-order chi connectivity index (χ1) is 15.6. The van der Waals surface area contributed by atoms with Gasteiger partial charge in [0.15, 0.2) is 18.1 Å². The molecule has 2 amide bonds. The molecule has 9 heteroatoms. The second-order valence-corrected chi connectivity index (χ2v) is 7.90. The molecule has 0 unspecified atom stereocenters. The minimum Gasteiger partial charge on any atom is -0.493 e. The largest absolute Gasteiger partial charge is 0.493 e. The molecule has 0 bridgehead atoms. The van der Waals surface area contributed by atoms with Gasteiger partial charge in [0, 0.05) is 38.3 Å². The summed E-state index contributed by atoms with van der Waals surface area (Å²) in [5.74, 6) is 1.69. The van der Waals surface area contributed by atoms with E-state index in [1.54, 1.807) is 35.2 Å². The lowest BCUT2D eigenvalue weighted by Crippen LogP contribution is -2.41. The van der Waals surface area contributed by atoms with Crippen molar-refractivity contribution in [1.29, 1.82) is 0 Å². The van der Waals surface area contributed by atoms with Crippen LogP contribution < -0.4 is 9.47 Å². The average molecular weight is 441 g/mol. The number of hydrogen-bond donors (Lipinski definition) is 0. The normalized spacial score (nSPS) is 18.5. The molecule has 2 saturated heterocycles. The Kier molecular flexibility index (Phi) is 6.84. The van der Waals surface area contributed by atoms with E-state index in [0.717, 1.165) is 6.42 Å². The van der Waals surface area contributed by atoms with Crippen LogP contribution in [0.2, 0.25) is 0 Å². The fourth-order valence-electron chi connectivity index (χ4n) is 3.99. The zero-order chi connectivity index (χ0) is 22.5. The zero-order valence-electron chi connectivity index (χ0n) is 18.5. The summed E-state index contributed by atoms with van der Waals surface area (Å²) in [6.45, 7) is 5.19. The van der Waals surface area contributed by atoms with E-state index in [2.05, 4.69) is 9.97 Å². The van der Waals surface area contributed by atoms with Gasteiger partial charge in [0.1, 0.15) is 5.82 Å². The minimum absolute atomic E-state index is 0.0384. The maximum Gasteiger partial charge on any atom is 0.260 e. The van der Waals surface area contributed by atoms with E-state index < -0.39 is 0 Å². The van der Waals surface area contributed by atoms with Gasteiger partial charge in [-0.25, -0.2) is 9.97 Å². The van der Waals surface area contributed by atoms with E-state index in [4.69, 9.17) is 14.2 Å². The van der Waals surface area contributed by atoms with Gasteiger partial charge >= 0.3 is 0 Å². The van der Waals surface area contributed by atoms with E-state index in [9.17, 15) is 9.59 Å². The molecular formula is C23H28N4O5. The Morgan fingerprint density at radius 2 is 1.88 bits per heavy atom. The molecule has 0 radical (unpaired) electrons. The maximum atomic E-state index is 12.7. The highest BCUT2D eigenvalue weighted by molar-refractivity contribution is 5.95. The number of aromatic nitrogens is 2. The molecule has 3 heterocycles. The number of benzene rings is 1. The molecule has 0 aliphatic carbocycles. The van der Waals surface area contributed by atoms with Gasteiger partial charge in [-0.05, 0) is 25.5 Å². The van der Waals surface area contributed by atoms with Crippen LogP contribution in [0.15, 0.2) is 30.5 Å². The number of likely N-dealkylation sites (tertiary alicyclic amines) is 1. The Hall–Kier alpha value is -3.20. The molecule has 2 aliphatic heterocycles. The van der Waals surface area contributed by atoms with Gasteiger partial charge in [-0.2, -0.15) is 0 Å². The standard InChI is InChI=1S/C23H28N4O5/c1-16-18(23(29)26-9-11-31-12-10-26)13-24-22(25-16)17-7-8-27(14-17)21(28)15-32-20-6-4-3-5-19(20)30-2/h3-6,13,17H,7-12,14-15H2,1-2H3/t17-/m1/s1. The molecule has 2 aromatic rings. The number of amides is 2. The van der Waals surface area contributed by atoms with Gasteiger partial charge < -0.3 is 24.0 Å². The number of carbonyl (C=O) groups excluding carboxylic acids is 2. The third-order valence-electron chi connectivity index (χ3n) is 5.85. The predicted octanol–water partition coefficient (Wildman–Crippen LogP) is 1.66. The van der Waals surface area contributed by atoms with Crippen LogP contribution in [0.4, 0.5) is 0 Å². The molecule has 0 saturated carbocycles. The number of rotatable bonds is 6. The second-order valence-electron chi connectivity index (χ2n) is 7.90. The van der Waals surface area contributed by atoms with Crippen molar-refractivity contribution in [1.82, 2.24) is 19.8 Å². The third-order valence-corrected chi connectivity index (χ3v) is 5.85. The number of carbonyl (C=O) groups is 2. The maximum absolute atomic E-state index is 12.7. The second kappa shape index (κ2) is 9.95. The lowest BCUT2D eigenvalue weighted by molar-refractivity contribution is -0.132. The summed E-state index contributed by atoms with van der Waals surface area (Å²) in [7, 11) is 1.57. The van der Waals surface area contributed by atoms with E-state index in [1.807, 2.05) is 19.1 Å². The number of para-hydroxylation sites is 2. The van der Waals surface area contributed by atoms with E-state index in [-0.39, 0.29) is 24.3 Å². The number of hydrogen-bond acceptors (Lipinski definition) is 7. The van der Waals surface area contributed by atoms with Crippen LogP contribution in [-0.4, -0.2) is 84.7 Å². The van der Waals surface area contributed by atoms with E-state index in [0.29, 0.717) is 68.0 Å². The van der Waals surface area contributed by atoms with E-state index in [1.165, 1.54) is 0 Å². The number of ether oxygens (including phenoxy) is 3. The summed E-state index contributed by atoms with van der Waals surface area (Å²) in [5, 5.41) is 0. The van der Waals surface area contributed by atoms with Crippen molar-refractivity contribution in [2.24, 2.45) is 0 Å². The highest BCUT2D eigenvalue weighted by Crippen LogP contribution is 2.28. The summed E-state index contributed by atoms with van der Waals surface area (Å²) >= 11 is 0. The summed E-state index contributed by atoms with van der Waals surface area (Å²) < 4.78 is 16.2. The quantitative estimate of drug-likeness (QED) is 0.674. The molecule has 9 nitrogen and oxygen atoms in total. The first-order valence-corrected chi connectivity index (χ1v) is 10.8. The molecule has 32 heavy (non-hydrogen) atoms. The topological polar surface area (TPSA) is 94.1 Å². The number of nitrogens with zero attached hydrogens (tertiary/aromatic N) is 4. The SMILES string of the molecule is COc1ccccc1OCC(=O)N1CC[C@@H](c2ncc(C(=O)N3CCOCC3)c(C)n2)C1. The Bertz CT molecular complexity index is 977. The van der Waals surface area contributed by atoms with Gasteiger partial charge in [0.25, 0.3) is 11.8 Å². The van der Waals surface area contributed by atoms with Gasteiger partial charge in [-0.3, -0.25) is 9.59 Å². The zero-order valence-corrected chi connectivity index (χ0v) is 18.5. The van der Waals surface area contributed by atoms with Crippen molar-refractivity contribution >= 4 is 11.8 Å². The molecule has 170 valence electrons. The fourth-order valence-corrected chi connectivity index (χ4v) is 3.99. The lowest BCUT2D eigenvalue weighted by Gasteiger charge is -2.27. The Morgan fingerprint density at radius 1 is 1.12 bits per heavy atom. The molecular weight excluding hydrogens is 412 g/mol. The Morgan fingerprint density at radius 3 is 2.59 bits per heavy atom. The van der Waals surface area contributed by atoms with Crippen molar-refractivity contribution in [3.05, 3.63) is 47.5 Å². The molecule has 2 fully saturated rings. The molecule has 1 aromatic heterocycles. The van der Waals surface area contributed by atoms with Crippen LogP contribution in [0.1, 0.15) is 34.2 Å². The van der Waals surface area contributed by atoms with E-state index >= 15 is 0 Å². The van der Waals surface area contributed by atoms with Crippen molar-refractivity contribution in [2.45, 2.75) is 19.3 Å². The van der Waals surface area contributed by atoms with Crippen molar-refractivity contribution < 1.29 is 23.8 Å². The van der Waals surface area contributed by atoms with Gasteiger partial charge in [0.05, 0.1) is 31.6 Å². The average Bonchev–Trinajstić information content (AvgIpc) is 3.33. The Balaban J connectivity index is 1.35. The fraction of sp³-hybridized carbons (Fsp3) is 0.478. The highest BCUT2D eigenvalue weighted by atomic mass is 16.5. The van der Waals surface area contributed by atoms with Crippen molar-refractivity contribution in [3.63, 3.8) is 0 Å². The van der Waals surface area contributed by atoms with Crippen LogP contribution in [-0.2, 0) is 9.53 Å². The van der Waals surface area contributed by atoms with Gasteiger partial charge in [-0.15, -0.1) is 0 Å². The van der Waals surface area contributed by atoms with Crippen LogP contribution in [0.25, 0.3) is 0 Å². The first-order valence-electron chi connectivity index (χ1n) is 10.8. The van der Waals surface area contributed by atoms with Crippen LogP contribution in [0, 0.1) is 6.92 Å². The van der Waals surface area contributed by atoms with Crippen LogP contribution >= 0.6 is 0 Å². The highest BCUT2D eigenvalue weighted by Gasteiger charge is 2.30. The minimum atomic E-state index is -0.0887. The van der Waals surface area contributed by atoms with Crippen LogP contribution in [0.5, 0.6) is 11.5 Å². The van der Waals surface area contributed by atoms with Crippen molar-refractivity contribution in [3.8, 4) is 11.5 Å². The molecule has 0 spiro atoms. The lowest BCUT2D eigenvalue weighted by atomic mass is 10.1. The molecule has 1 aromatic carbocycles. The number of morpholine rings is 1. The van der Waals surface area contributed by atoms with Gasteiger partial charge in [0.2, 0.25) is 0 Å². The predicted molar refractivity (Wildman–Crippen MR) is 116 cm³/mol. The third kappa shape index (κ3) is 4.83. The smallest absolute Gasteiger partial charge is 0.260 e. The monoisotopic (exact) mass is 440 g/mol. The van der Waals surface area contributed by atoms with Crippen molar-refractivity contribution in [2.75, 3.05) is 53.1 Å².